The molecule has 2 aromatic rings. The summed E-state index contributed by atoms with van der Waals surface area (Å²) in [5, 5.41) is 2.52. The Labute approximate surface area is 152 Å². The number of halogens is 4. The van der Waals surface area contributed by atoms with Crippen LogP contribution in [0.4, 0.5) is 18.9 Å². The van der Waals surface area contributed by atoms with Gasteiger partial charge in [-0.25, -0.2) is 18.0 Å². The molecule has 0 spiro atoms. The second-order valence-corrected chi connectivity index (χ2v) is 5.63. The maximum atomic E-state index is 13.4. The fraction of sp³-hybridized carbons (Fsp3) is 0.111. The summed E-state index contributed by atoms with van der Waals surface area (Å²) in [5.41, 5.74) is 0.980. The highest BCUT2D eigenvalue weighted by Gasteiger charge is 2.15. The third-order valence-electron chi connectivity index (χ3n) is 3.26. The highest BCUT2D eigenvalue weighted by Crippen LogP contribution is 2.19. The molecule has 8 heteroatoms. The van der Waals surface area contributed by atoms with Gasteiger partial charge in [0, 0.05) is 11.1 Å². The monoisotopic (exact) mass is 383 g/mol. The molecular formula is C18H13ClF3NO3. The van der Waals surface area contributed by atoms with Crippen molar-refractivity contribution in [3.63, 3.8) is 0 Å². The molecule has 2 rings (SSSR count). The van der Waals surface area contributed by atoms with Gasteiger partial charge in [-0.1, -0.05) is 23.7 Å². The van der Waals surface area contributed by atoms with Gasteiger partial charge in [0.25, 0.3) is 5.91 Å². The maximum absolute atomic E-state index is 13.4. The minimum Gasteiger partial charge on any atom is -0.452 e. The summed E-state index contributed by atoms with van der Waals surface area (Å²) in [5.74, 6) is -6.36. The number of hydrogen-bond donors (Lipinski definition) is 1. The zero-order valence-electron chi connectivity index (χ0n) is 13.5. The lowest BCUT2D eigenvalue weighted by Gasteiger charge is -2.07. The van der Waals surface area contributed by atoms with Gasteiger partial charge in [0.2, 0.25) is 0 Å². The normalized spacial score (nSPS) is 10.8. The lowest BCUT2D eigenvalue weighted by atomic mass is 10.1. The van der Waals surface area contributed by atoms with Crippen LogP contribution in [0.1, 0.15) is 11.1 Å². The van der Waals surface area contributed by atoms with E-state index in [1.165, 1.54) is 6.08 Å². The number of hydrogen-bond acceptors (Lipinski definition) is 3. The van der Waals surface area contributed by atoms with E-state index in [9.17, 15) is 22.8 Å². The van der Waals surface area contributed by atoms with E-state index in [4.69, 9.17) is 11.6 Å². The topological polar surface area (TPSA) is 55.4 Å². The fourth-order valence-corrected chi connectivity index (χ4v) is 2.06. The molecule has 0 bridgehead atoms. The third kappa shape index (κ3) is 5.10. The van der Waals surface area contributed by atoms with Crippen LogP contribution in [0.3, 0.4) is 0 Å². The summed E-state index contributed by atoms with van der Waals surface area (Å²) >= 11 is 5.96. The first-order chi connectivity index (χ1) is 12.3. The minimum absolute atomic E-state index is 0.536. The van der Waals surface area contributed by atoms with Crippen molar-refractivity contribution in [2.75, 3.05) is 11.9 Å². The quantitative estimate of drug-likeness (QED) is 0.477. The van der Waals surface area contributed by atoms with Gasteiger partial charge in [-0.2, -0.15) is 0 Å². The molecule has 0 saturated heterocycles. The van der Waals surface area contributed by atoms with Crippen molar-refractivity contribution in [3.05, 3.63) is 70.0 Å². The van der Waals surface area contributed by atoms with Gasteiger partial charge < -0.3 is 10.1 Å². The summed E-state index contributed by atoms with van der Waals surface area (Å²) in [6.07, 6.45) is 2.53. The number of amides is 1. The molecule has 0 fully saturated rings. The zero-order valence-corrected chi connectivity index (χ0v) is 14.2. The average Bonchev–Trinajstić information content (AvgIpc) is 2.61. The summed E-state index contributed by atoms with van der Waals surface area (Å²) in [7, 11) is 0. The maximum Gasteiger partial charge on any atom is 0.331 e. The predicted molar refractivity (Wildman–Crippen MR) is 91.1 cm³/mol. The van der Waals surface area contributed by atoms with E-state index in [1.54, 1.807) is 18.2 Å². The van der Waals surface area contributed by atoms with E-state index in [-0.39, 0.29) is 0 Å². The van der Waals surface area contributed by atoms with Crippen molar-refractivity contribution in [1.82, 2.24) is 0 Å². The van der Waals surface area contributed by atoms with Gasteiger partial charge in [0.15, 0.2) is 24.1 Å². The van der Waals surface area contributed by atoms with E-state index in [0.717, 1.165) is 17.7 Å². The zero-order chi connectivity index (χ0) is 19.3. The number of rotatable bonds is 5. The van der Waals surface area contributed by atoms with Crippen LogP contribution in [-0.4, -0.2) is 18.5 Å². The molecule has 1 amide bonds. The van der Waals surface area contributed by atoms with Crippen LogP contribution in [0.2, 0.25) is 5.02 Å². The van der Waals surface area contributed by atoms with Crippen LogP contribution < -0.4 is 5.32 Å². The first-order valence-corrected chi connectivity index (χ1v) is 7.70. The first-order valence-electron chi connectivity index (χ1n) is 7.32. The number of ether oxygens (including phenoxy) is 1. The molecule has 0 radical (unpaired) electrons. The Kier molecular flexibility index (Phi) is 6.41. The fourth-order valence-electron chi connectivity index (χ4n) is 1.87. The largest absolute Gasteiger partial charge is 0.452 e. The number of esters is 1. The molecule has 0 heterocycles. The standard InChI is InChI=1S/C18H13ClF3NO3/c1-10-2-3-11(8-12(10)19)4-7-16(25)26-9-15(24)23-14-6-5-13(20)17(21)18(14)22/h2-8H,9H2,1H3,(H,23,24)/b7-4+. The number of carbonyl (C=O) groups is 2. The number of benzene rings is 2. The smallest absolute Gasteiger partial charge is 0.331 e. The highest BCUT2D eigenvalue weighted by atomic mass is 35.5. The van der Waals surface area contributed by atoms with Gasteiger partial charge in [0.1, 0.15) is 0 Å². The minimum atomic E-state index is -1.71. The Hall–Kier alpha value is -2.80. The lowest BCUT2D eigenvalue weighted by molar-refractivity contribution is -0.142. The van der Waals surface area contributed by atoms with Crippen LogP contribution in [-0.2, 0) is 14.3 Å². The molecule has 1 N–H and O–H groups in total. The molecule has 0 saturated carbocycles. The molecule has 0 aliphatic rings. The van der Waals surface area contributed by atoms with E-state index < -0.39 is 41.6 Å². The Morgan fingerprint density at radius 2 is 1.88 bits per heavy atom. The molecule has 4 nitrogen and oxygen atoms in total. The van der Waals surface area contributed by atoms with E-state index >= 15 is 0 Å². The Morgan fingerprint density at radius 3 is 2.58 bits per heavy atom. The summed E-state index contributed by atoms with van der Waals surface area (Å²) in [6.45, 7) is 1.11. The average molecular weight is 384 g/mol. The summed E-state index contributed by atoms with van der Waals surface area (Å²) in [4.78, 5) is 23.2. The first kappa shape index (κ1) is 19.5. The van der Waals surface area contributed by atoms with Gasteiger partial charge in [-0.3, -0.25) is 4.79 Å². The molecular weight excluding hydrogens is 371 g/mol. The van der Waals surface area contributed by atoms with Crippen molar-refractivity contribution in [3.8, 4) is 0 Å². The molecule has 0 aliphatic heterocycles. The van der Waals surface area contributed by atoms with Crippen LogP contribution in [0.5, 0.6) is 0 Å². The molecule has 0 aromatic heterocycles. The Morgan fingerprint density at radius 1 is 1.15 bits per heavy atom. The number of carbonyl (C=O) groups excluding carboxylic acids is 2. The number of aryl methyl sites for hydroxylation is 1. The van der Waals surface area contributed by atoms with Crippen molar-refractivity contribution >= 4 is 35.2 Å². The van der Waals surface area contributed by atoms with Crippen molar-refractivity contribution in [1.29, 1.82) is 0 Å². The Balaban J connectivity index is 1.88. The molecule has 26 heavy (non-hydrogen) atoms. The SMILES string of the molecule is Cc1ccc(/C=C/C(=O)OCC(=O)Nc2ccc(F)c(F)c2F)cc1Cl. The molecule has 0 aliphatic carbocycles. The second kappa shape index (κ2) is 8.53. The van der Waals surface area contributed by atoms with Crippen LogP contribution in [0.25, 0.3) is 6.08 Å². The van der Waals surface area contributed by atoms with Gasteiger partial charge in [0.05, 0.1) is 5.69 Å². The lowest BCUT2D eigenvalue weighted by Crippen LogP contribution is -2.21. The van der Waals surface area contributed by atoms with Crippen molar-refractivity contribution in [2.24, 2.45) is 0 Å². The molecule has 0 atom stereocenters. The van der Waals surface area contributed by atoms with Crippen LogP contribution in [0, 0.1) is 24.4 Å². The molecule has 2 aromatic carbocycles. The van der Waals surface area contributed by atoms with Crippen LogP contribution >= 0.6 is 11.6 Å². The summed E-state index contributed by atoms with van der Waals surface area (Å²) < 4.78 is 44.0. The highest BCUT2D eigenvalue weighted by molar-refractivity contribution is 6.31. The molecule has 136 valence electrons. The summed E-state index contributed by atoms with van der Waals surface area (Å²) in [6, 6.07) is 6.68. The van der Waals surface area contributed by atoms with Gasteiger partial charge >= 0.3 is 5.97 Å². The predicted octanol–water partition coefficient (Wildman–Crippen LogP) is 4.26. The second-order valence-electron chi connectivity index (χ2n) is 5.22. The van der Waals surface area contributed by atoms with E-state index in [1.807, 2.05) is 12.2 Å². The number of nitrogens with one attached hydrogen (secondary N) is 1. The van der Waals surface area contributed by atoms with Gasteiger partial charge in [-0.05, 0) is 42.3 Å². The van der Waals surface area contributed by atoms with E-state index in [0.29, 0.717) is 16.7 Å². The van der Waals surface area contributed by atoms with E-state index in [2.05, 4.69) is 4.74 Å². The third-order valence-corrected chi connectivity index (χ3v) is 3.67. The van der Waals surface area contributed by atoms with Gasteiger partial charge in [-0.15, -0.1) is 0 Å². The Bertz CT molecular complexity index is 884. The van der Waals surface area contributed by atoms with Crippen molar-refractivity contribution in [2.45, 2.75) is 6.92 Å². The number of anilines is 1. The van der Waals surface area contributed by atoms with Crippen LogP contribution in [0.15, 0.2) is 36.4 Å². The molecule has 0 unspecified atom stereocenters. The van der Waals surface area contributed by atoms with Crippen molar-refractivity contribution < 1.29 is 27.5 Å².